The van der Waals surface area contributed by atoms with Gasteiger partial charge in [-0.05, 0) is 43.4 Å². The molecule has 2 aromatic heterocycles. The Kier molecular flexibility index (Phi) is 6.42. The summed E-state index contributed by atoms with van der Waals surface area (Å²) in [6, 6.07) is 15.9. The van der Waals surface area contributed by atoms with Gasteiger partial charge in [0.2, 0.25) is 0 Å². The molecule has 10 heteroatoms. The molecule has 2 fully saturated rings. The van der Waals surface area contributed by atoms with Crippen LogP contribution in [0.3, 0.4) is 0 Å². The lowest BCUT2D eigenvalue weighted by atomic mass is 10.1. The first kappa shape index (κ1) is 23.4. The molecule has 4 heterocycles. The van der Waals surface area contributed by atoms with Gasteiger partial charge in [0.05, 0.1) is 13.2 Å². The second-order valence-corrected chi connectivity index (χ2v) is 9.45. The second kappa shape index (κ2) is 10.2. The molecule has 10 nitrogen and oxygen atoms in total. The Morgan fingerprint density at radius 1 is 0.919 bits per heavy atom. The highest BCUT2D eigenvalue weighted by atomic mass is 16.5. The SMILES string of the molecule is CN1CCN(C(=O)c2ccc(-c3nc4ncnc(Nc5ccc(N6CCOCC6)cc5)c4[nH]3)cc2)CC1. The van der Waals surface area contributed by atoms with E-state index in [0.29, 0.717) is 22.9 Å². The highest BCUT2D eigenvalue weighted by Crippen LogP contribution is 2.27. The maximum Gasteiger partial charge on any atom is 0.253 e. The number of hydrogen-bond acceptors (Lipinski definition) is 8. The van der Waals surface area contributed by atoms with Crippen molar-refractivity contribution in [3.05, 3.63) is 60.4 Å². The van der Waals surface area contributed by atoms with Crippen molar-refractivity contribution in [2.24, 2.45) is 0 Å². The number of amides is 1. The third kappa shape index (κ3) is 4.98. The van der Waals surface area contributed by atoms with E-state index in [9.17, 15) is 4.79 Å². The number of imidazole rings is 1. The van der Waals surface area contributed by atoms with E-state index in [2.05, 4.69) is 54.2 Å². The number of fused-ring (bicyclic) bond motifs is 1. The van der Waals surface area contributed by atoms with Gasteiger partial charge in [-0.3, -0.25) is 4.79 Å². The third-order valence-corrected chi connectivity index (χ3v) is 6.99. The van der Waals surface area contributed by atoms with E-state index in [1.165, 1.54) is 12.0 Å². The van der Waals surface area contributed by atoms with Gasteiger partial charge in [-0.2, -0.15) is 0 Å². The van der Waals surface area contributed by atoms with E-state index in [1.54, 1.807) is 0 Å². The van der Waals surface area contributed by atoms with Crippen molar-refractivity contribution in [3.8, 4) is 11.4 Å². The molecule has 0 atom stereocenters. The summed E-state index contributed by atoms with van der Waals surface area (Å²) in [7, 11) is 2.08. The Labute approximate surface area is 215 Å². The van der Waals surface area contributed by atoms with Crippen LogP contribution in [0, 0.1) is 0 Å². The molecule has 4 aromatic rings. The van der Waals surface area contributed by atoms with E-state index in [0.717, 1.165) is 69.2 Å². The summed E-state index contributed by atoms with van der Waals surface area (Å²) < 4.78 is 5.45. The van der Waals surface area contributed by atoms with Crippen LogP contribution in [-0.4, -0.2) is 95.2 Å². The number of morpholine rings is 1. The first-order chi connectivity index (χ1) is 18.1. The lowest BCUT2D eigenvalue weighted by molar-refractivity contribution is 0.0664. The van der Waals surface area contributed by atoms with Crippen molar-refractivity contribution in [2.45, 2.75) is 0 Å². The van der Waals surface area contributed by atoms with Gasteiger partial charge < -0.3 is 29.7 Å². The maximum absolute atomic E-state index is 12.9. The number of anilines is 3. The maximum atomic E-state index is 12.9. The minimum atomic E-state index is 0.0706. The lowest BCUT2D eigenvalue weighted by Crippen LogP contribution is -2.47. The average Bonchev–Trinajstić information content (AvgIpc) is 3.40. The number of aromatic amines is 1. The van der Waals surface area contributed by atoms with Gasteiger partial charge in [-0.25, -0.2) is 15.0 Å². The predicted octanol–water partition coefficient (Wildman–Crippen LogP) is 2.99. The fourth-order valence-electron chi connectivity index (χ4n) is 4.74. The summed E-state index contributed by atoms with van der Waals surface area (Å²) in [5, 5.41) is 3.39. The van der Waals surface area contributed by atoms with Crippen LogP contribution in [0.2, 0.25) is 0 Å². The largest absolute Gasteiger partial charge is 0.378 e. The van der Waals surface area contributed by atoms with Crippen LogP contribution >= 0.6 is 0 Å². The number of carbonyl (C=O) groups is 1. The fourth-order valence-corrected chi connectivity index (χ4v) is 4.74. The van der Waals surface area contributed by atoms with Gasteiger partial charge in [0, 0.05) is 61.8 Å². The molecule has 37 heavy (non-hydrogen) atoms. The number of aromatic nitrogens is 4. The van der Waals surface area contributed by atoms with E-state index in [-0.39, 0.29) is 5.91 Å². The number of ether oxygens (including phenoxy) is 1. The molecule has 2 aromatic carbocycles. The standard InChI is InChI=1S/C27H30N8O2/c1-33-10-12-35(13-11-33)27(36)20-4-2-19(3-5-20)24-31-23-25(28-18-29-26(23)32-24)30-21-6-8-22(9-7-21)34-14-16-37-17-15-34/h2-9,18H,10-17H2,1H3,(H2,28,29,30,31,32). The zero-order valence-corrected chi connectivity index (χ0v) is 20.9. The molecular weight excluding hydrogens is 468 g/mol. The lowest BCUT2D eigenvalue weighted by Gasteiger charge is -2.32. The number of hydrogen-bond donors (Lipinski definition) is 2. The topological polar surface area (TPSA) is 103 Å². The molecule has 2 saturated heterocycles. The first-order valence-corrected chi connectivity index (χ1v) is 12.6. The fraction of sp³-hybridized carbons (Fsp3) is 0.333. The van der Waals surface area contributed by atoms with Gasteiger partial charge >= 0.3 is 0 Å². The molecule has 190 valence electrons. The molecular formula is C27H30N8O2. The van der Waals surface area contributed by atoms with Crippen molar-refractivity contribution < 1.29 is 9.53 Å². The summed E-state index contributed by atoms with van der Waals surface area (Å²) in [6.07, 6.45) is 1.51. The van der Waals surface area contributed by atoms with Crippen LogP contribution in [0.25, 0.3) is 22.6 Å². The molecule has 0 bridgehead atoms. The highest BCUT2D eigenvalue weighted by molar-refractivity contribution is 5.95. The molecule has 2 N–H and O–H groups in total. The van der Waals surface area contributed by atoms with Crippen molar-refractivity contribution in [1.29, 1.82) is 0 Å². The molecule has 2 aliphatic rings. The van der Waals surface area contributed by atoms with Gasteiger partial charge in [0.1, 0.15) is 17.7 Å². The monoisotopic (exact) mass is 498 g/mol. The smallest absolute Gasteiger partial charge is 0.253 e. The van der Waals surface area contributed by atoms with Gasteiger partial charge in [-0.15, -0.1) is 0 Å². The summed E-state index contributed by atoms with van der Waals surface area (Å²) in [5.41, 5.74) is 4.99. The highest BCUT2D eigenvalue weighted by Gasteiger charge is 2.20. The number of likely N-dealkylation sites (N-methyl/N-ethyl adjacent to an activating group) is 1. The van der Waals surface area contributed by atoms with Crippen LogP contribution in [0.1, 0.15) is 10.4 Å². The molecule has 0 saturated carbocycles. The van der Waals surface area contributed by atoms with Gasteiger partial charge in [0.25, 0.3) is 5.91 Å². The summed E-state index contributed by atoms with van der Waals surface area (Å²) >= 11 is 0. The number of carbonyl (C=O) groups excluding carboxylic acids is 1. The Morgan fingerprint density at radius 3 is 2.38 bits per heavy atom. The van der Waals surface area contributed by atoms with Crippen molar-refractivity contribution in [3.63, 3.8) is 0 Å². The van der Waals surface area contributed by atoms with Crippen LogP contribution in [-0.2, 0) is 4.74 Å². The molecule has 2 aliphatic heterocycles. The minimum Gasteiger partial charge on any atom is -0.378 e. The van der Waals surface area contributed by atoms with Crippen LogP contribution in [0.5, 0.6) is 0 Å². The Hall–Kier alpha value is -4.02. The van der Waals surface area contributed by atoms with E-state index in [4.69, 9.17) is 4.74 Å². The van der Waals surface area contributed by atoms with Crippen molar-refractivity contribution in [1.82, 2.24) is 29.7 Å². The predicted molar refractivity (Wildman–Crippen MR) is 143 cm³/mol. The Morgan fingerprint density at radius 2 is 1.65 bits per heavy atom. The molecule has 0 unspecified atom stereocenters. The van der Waals surface area contributed by atoms with Gasteiger partial charge in [0.15, 0.2) is 11.5 Å². The van der Waals surface area contributed by atoms with Crippen LogP contribution in [0.4, 0.5) is 17.2 Å². The molecule has 6 rings (SSSR count). The van der Waals surface area contributed by atoms with E-state index in [1.807, 2.05) is 41.3 Å². The van der Waals surface area contributed by atoms with E-state index < -0.39 is 0 Å². The van der Waals surface area contributed by atoms with Crippen LogP contribution < -0.4 is 10.2 Å². The average molecular weight is 499 g/mol. The first-order valence-electron chi connectivity index (χ1n) is 12.6. The number of piperazine rings is 1. The summed E-state index contributed by atoms with van der Waals surface area (Å²) in [5.74, 6) is 1.41. The van der Waals surface area contributed by atoms with E-state index >= 15 is 0 Å². The van der Waals surface area contributed by atoms with Crippen molar-refractivity contribution in [2.75, 3.05) is 69.7 Å². The number of H-pyrrole nitrogens is 1. The molecule has 0 spiro atoms. The number of rotatable bonds is 5. The van der Waals surface area contributed by atoms with Crippen LogP contribution in [0.15, 0.2) is 54.9 Å². The quantitative estimate of drug-likeness (QED) is 0.433. The Balaban J connectivity index is 1.18. The number of nitrogens with zero attached hydrogens (tertiary/aromatic N) is 6. The molecule has 0 radical (unpaired) electrons. The number of nitrogens with one attached hydrogen (secondary N) is 2. The van der Waals surface area contributed by atoms with Gasteiger partial charge in [-0.1, -0.05) is 12.1 Å². The zero-order chi connectivity index (χ0) is 25.2. The molecule has 0 aliphatic carbocycles. The second-order valence-electron chi connectivity index (χ2n) is 9.45. The molecule has 1 amide bonds. The normalized spacial score (nSPS) is 16.8. The Bertz CT molecular complexity index is 1370. The summed E-state index contributed by atoms with van der Waals surface area (Å²) in [4.78, 5) is 36.2. The number of benzene rings is 2. The minimum absolute atomic E-state index is 0.0706. The van der Waals surface area contributed by atoms with Crippen molar-refractivity contribution >= 4 is 34.3 Å². The third-order valence-electron chi connectivity index (χ3n) is 6.99. The summed E-state index contributed by atoms with van der Waals surface area (Å²) in [6.45, 7) is 6.64. The zero-order valence-electron chi connectivity index (χ0n) is 20.9.